The van der Waals surface area contributed by atoms with E-state index in [0.717, 1.165) is 61.5 Å². The average Bonchev–Trinajstić information content (AvgIpc) is 2.46. The Kier molecular flexibility index (Phi) is 5.98. The van der Waals surface area contributed by atoms with Crippen molar-refractivity contribution in [2.45, 2.75) is 37.6 Å². The Bertz CT molecular complexity index is 389. The lowest BCUT2D eigenvalue weighted by atomic mass is 10.1. The largest absolute Gasteiger partial charge is 0.493 e. The summed E-state index contributed by atoms with van der Waals surface area (Å²) in [5.74, 6) is 1.81. The number of hydrogen-bond donors (Lipinski definition) is 0. The molecule has 0 bridgehead atoms. The van der Waals surface area contributed by atoms with Gasteiger partial charge >= 0.3 is 0 Å². The highest BCUT2D eigenvalue weighted by Crippen LogP contribution is 2.29. The molecule has 1 fully saturated rings. The third-order valence-corrected chi connectivity index (χ3v) is 3.72. The summed E-state index contributed by atoms with van der Waals surface area (Å²) in [6.07, 6.45) is 3.19. The lowest BCUT2D eigenvalue weighted by molar-refractivity contribution is 0.0252. The van der Waals surface area contributed by atoms with Crippen LogP contribution in [0.4, 0.5) is 0 Å². The van der Waals surface area contributed by atoms with Crippen LogP contribution in [0.3, 0.4) is 0 Å². The van der Waals surface area contributed by atoms with Crippen LogP contribution in [0.1, 0.15) is 31.7 Å². The van der Waals surface area contributed by atoms with Crippen LogP contribution < -0.4 is 9.47 Å². The maximum Gasteiger partial charge on any atom is 0.127 e. The number of benzene rings is 1. The average molecular weight is 329 g/mol. The van der Waals surface area contributed by atoms with E-state index in [1.807, 2.05) is 12.1 Å². The molecule has 0 atom stereocenters. The first-order chi connectivity index (χ1) is 9.33. The standard InChI is InChI=1S/C15H21BrO3/c1-2-7-18-14-4-3-12(11-16)15(10-14)19-13-5-8-17-9-6-13/h3-4,10,13H,2,5-9,11H2,1H3. The van der Waals surface area contributed by atoms with Crippen LogP contribution in [-0.4, -0.2) is 25.9 Å². The molecule has 3 nitrogen and oxygen atoms in total. The molecule has 0 saturated carbocycles. The molecule has 1 aromatic carbocycles. The van der Waals surface area contributed by atoms with Crippen molar-refractivity contribution in [2.75, 3.05) is 19.8 Å². The fraction of sp³-hybridized carbons (Fsp3) is 0.600. The third kappa shape index (κ3) is 4.39. The van der Waals surface area contributed by atoms with E-state index < -0.39 is 0 Å². The molecule has 0 spiro atoms. The summed E-state index contributed by atoms with van der Waals surface area (Å²) in [6.45, 7) is 4.43. The lowest BCUT2D eigenvalue weighted by Gasteiger charge is -2.24. The second-order valence-electron chi connectivity index (χ2n) is 4.68. The Labute approximate surface area is 123 Å². The second-order valence-corrected chi connectivity index (χ2v) is 5.24. The molecule has 0 amide bonds. The van der Waals surface area contributed by atoms with Gasteiger partial charge in [-0.3, -0.25) is 0 Å². The van der Waals surface area contributed by atoms with Gasteiger partial charge in [-0.2, -0.15) is 0 Å². The summed E-state index contributed by atoms with van der Waals surface area (Å²) < 4.78 is 17.1. The van der Waals surface area contributed by atoms with Crippen LogP contribution in [0.25, 0.3) is 0 Å². The van der Waals surface area contributed by atoms with Gasteiger partial charge in [0.25, 0.3) is 0 Å². The first-order valence-corrected chi connectivity index (χ1v) is 8.01. The highest BCUT2D eigenvalue weighted by molar-refractivity contribution is 9.08. The zero-order chi connectivity index (χ0) is 13.5. The Morgan fingerprint density at radius 2 is 2.11 bits per heavy atom. The van der Waals surface area contributed by atoms with E-state index in [0.29, 0.717) is 0 Å². The minimum Gasteiger partial charge on any atom is -0.493 e. The SMILES string of the molecule is CCCOc1ccc(CBr)c(OC2CCOCC2)c1. The van der Waals surface area contributed by atoms with Gasteiger partial charge in [0.15, 0.2) is 0 Å². The Morgan fingerprint density at radius 1 is 1.32 bits per heavy atom. The molecule has 1 aliphatic rings. The van der Waals surface area contributed by atoms with Gasteiger partial charge in [-0.05, 0) is 12.5 Å². The molecule has 4 heteroatoms. The summed E-state index contributed by atoms with van der Waals surface area (Å²) in [4.78, 5) is 0. The van der Waals surface area contributed by atoms with Crippen molar-refractivity contribution in [3.8, 4) is 11.5 Å². The third-order valence-electron chi connectivity index (χ3n) is 3.12. The maximum absolute atomic E-state index is 6.11. The molecule has 1 aliphatic heterocycles. The first kappa shape index (κ1) is 14.7. The monoisotopic (exact) mass is 328 g/mol. The Balaban J connectivity index is 2.06. The number of rotatable bonds is 6. The van der Waals surface area contributed by atoms with Gasteiger partial charge in [-0.15, -0.1) is 0 Å². The van der Waals surface area contributed by atoms with Crippen LogP contribution >= 0.6 is 15.9 Å². The molecule has 0 unspecified atom stereocenters. The second kappa shape index (κ2) is 7.75. The van der Waals surface area contributed by atoms with E-state index in [1.165, 1.54) is 0 Å². The van der Waals surface area contributed by atoms with Crippen LogP contribution in [0, 0.1) is 0 Å². The molecule has 19 heavy (non-hydrogen) atoms. The summed E-state index contributed by atoms with van der Waals surface area (Å²) in [5, 5.41) is 0.791. The molecule has 1 saturated heterocycles. The molecule has 0 aliphatic carbocycles. The fourth-order valence-corrected chi connectivity index (χ4v) is 2.50. The Hall–Kier alpha value is -0.740. The predicted octanol–water partition coefficient (Wildman–Crippen LogP) is 3.93. The molecule has 1 heterocycles. The van der Waals surface area contributed by atoms with Gasteiger partial charge in [0.2, 0.25) is 0 Å². The molecule has 0 radical (unpaired) electrons. The van der Waals surface area contributed by atoms with Crippen LogP contribution in [0.15, 0.2) is 18.2 Å². The zero-order valence-electron chi connectivity index (χ0n) is 11.4. The van der Waals surface area contributed by atoms with E-state index in [-0.39, 0.29) is 6.10 Å². The number of hydrogen-bond acceptors (Lipinski definition) is 3. The van der Waals surface area contributed by atoms with Gasteiger partial charge in [-0.1, -0.05) is 28.9 Å². The number of alkyl halides is 1. The molecule has 2 rings (SSSR count). The van der Waals surface area contributed by atoms with Gasteiger partial charge in [0.05, 0.1) is 19.8 Å². The van der Waals surface area contributed by atoms with Gasteiger partial charge in [0.1, 0.15) is 17.6 Å². The first-order valence-electron chi connectivity index (χ1n) is 6.89. The summed E-state index contributed by atoms with van der Waals surface area (Å²) in [6, 6.07) is 6.07. The topological polar surface area (TPSA) is 27.7 Å². The van der Waals surface area contributed by atoms with Crippen molar-refractivity contribution in [1.82, 2.24) is 0 Å². The van der Waals surface area contributed by atoms with Crippen molar-refractivity contribution in [3.05, 3.63) is 23.8 Å². The zero-order valence-corrected chi connectivity index (χ0v) is 12.9. The summed E-state index contributed by atoms with van der Waals surface area (Å²) in [5.41, 5.74) is 1.16. The summed E-state index contributed by atoms with van der Waals surface area (Å²) in [7, 11) is 0. The molecular weight excluding hydrogens is 308 g/mol. The van der Waals surface area contributed by atoms with Gasteiger partial charge in [-0.25, -0.2) is 0 Å². The van der Waals surface area contributed by atoms with Gasteiger partial charge in [0, 0.05) is 29.8 Å². The predicted molar refractivity (Wildman–Crippen MR) is 79.3 cm³/mol. The smallest absolute Gasteiger partial charge is 0.127 e. The minimum absolute atomic E-state index is 0.257. The molecule has 0 N–H and O–H groups in total. The molecule has 1 aromatic rings. The van der Waals surface area contributed by atoms with E-state index in [4.69, 9.17) is 14.2 Å². The van der Waals surface area contributed by atoms with E-state index in [2.05, 4.69) is 28.9 Å². The van der Waals surface area contributed by atoms with Crippen LogP contribution in [0.5, 0.6) is 11.5 Å². The summed E-state index contributed by atoms with van der Waals surface area (Å²) >= 11 is 3.50. The van der Waals surface area contributed by atoms with Crippen LogP contribution in [-0.2, 0) is 10.1 Å². The van der Waals surface area contributed by atoms with Crippen molar-refractivity contribution in [2.24, 2.45) is 0 Å². The van der Waals surface area contributed by atoms with Crippen molar-refractivity contribution in [1.29, 1.82) is 0 Å². The van der Waals surface area contributed by atoms with E-state index >= 15 is 0 Å². The number of ether oxygens (including phenoxy) is 3. The van der Waals surface area contributed by atoms with E-state index in [1.54, 1.807) is 0 Å². The lowest BCUT2D eigenvalue weighted by Crippen LogP contribution is -2.26. The number of halogens is 1. The Morgan fingerprint density at radius 3 is 2.79 bits per heavy atom. The fourth-order valence-electron chi connectivity index (χ4n) is 2.04. The molecular formula is C15H21BrO3. The quantitative estimate of drug-likeness (QED) is 0.740. The highest BCUT2D eigenvalue weighted by atomic mass is 79.9. The van der Waals surface area contributed by atoms with Crippen molar-refractivity contribution >= 4 is 15.9 Å². The maximum atomic E-state index is 6.11. The normalized spacial score (nSPS) is 16.3. The van der Waals surface area contributed by atoms with Crippen LogP contribution in [0.2, 0.25) is 0 Å². The molecule has 0 aromatic heterocycles. The van der Waals surface area contributed by atoms with E-state index in [9.17, 15) is 0 Å². The molecule has 106 valence electrons. The van der Waals surface area contributed by atoms with Crippen molar-refractivity contribution < 1.29 is 14.2 Å². The highest BCUT2D eigenvalue weighted by Gasteiger charge is 2.17. The minimum atomic E-state index is 0.257. The van der Waals surface area contributed by atoms with Gasteiger partial charge < -0.3 is 14.2 Å². The van der Waals surface area contributed by atoms with Crippen molar-refractivity contribution in [3.63, 3.8) is 0 Å².